The molecule has 31 heavy (non-hydrogen) atoms. The first-order valence-corrected chi connectivity index (χ1v) is 10.2. The maximum absolute atomic E-state index is 13.4. The standard InChI is InChI=1S/C24H18Cl2N2O3/c25-19-10-11-20(21(26)13-19)23(29)28(15-18-8-6-17(14-27)7-9-18)22(24(30)31)12-16-4-2-1-3-5-16/h1-11,13,22H,12,15H2,(H,30,31)/t22-/m0/s1. The first-order chi connectivity index (χ1) is 14.9. The average Bonchev–Trinajstić information content (AvgIpc) is 2.76. The van der Waals surface area contributed by atoms with Crippen LogP contribution in [0.1, 0.15) is 27.0 Å². The van der Waals surface area contributed by atoms with Gasteiger partial charge in [-0.3, -0.25) is 4.79 Å². The maximum Gasteiger partial charge on any atom is 0.326 e. The zero-order valence-corrected chi connectivity index (χ0v) is 17.8. The fraction of sp³-hybridized carbons (Fsp3) is 0.125. The minimum Gasteiger partial charge on any atom is -0.480 e. The van der Waals surface area contributed by atoms with Gasteiger partial charge in [-0.25, -0.2) is 4.79 Å². The van der Waals surface area contributed by atoms with Crippen LogP contribution in [-0.2, 0) is 17.8 Å². The number of hydrogen-bond acceptors (Lipinski definition) is 3. The van der Waals surface area contributed by atoms with Gasteiger partial charge in [-0.1, -0.05) is 65.7 Å². The first-order valence-electron chi connectivity index (χ1n) is 9.41. The Hall–Kier alpha value is -3.33. The lowest BCUT2D eigenvalue weighted by Crippen LogP contribution is -2.46. The molecule has 0 saturated heterocycles. The molecule has 1 N–H and O–H groups in total. The molecule has 5 nitrogen and oxygen atoms in total. The molecule has 3 aromatic carbocycles. The summed E-state index contributed by atoms with van der Waals surface area (Å²) in [5.74, 6) is -1.65. The molecule has 0 bridgehead atoms. The van der Waals surface area contributed by atoms with Gasteiger partial charge >= 0.3 is 5.97 Å². The van der Waals surface area contributed by atoms with Crippen molar-refractivity contribution in [3.05, 3.63) is 105 Å². The summed E-state index contributed by atoms with van der Waals surface area (Å²) in [5, 5.41) is 19.5. The molecule has 156 valence electrons. The minimum absolute atomic E-state index is 0.0350. The number of amides is 1. The second kappa shape index (κ2) is 10.1. The molecular formula is C24H18Cl2N2O3. The molecule has 3 aromatic rings. The number of carbonyl (C=O) groups is 2. The van der Waals surface area contributed by atoms with E-state index in [0.717, 1.165) is 5.56 Å². The molecule has 1 amide bonds. The van der Waals surface area contributed by atoms with Crippen LogP contribution in [0.5, 0.6) is 0 Å². The van der Waals surface area contributed by atoms with Gasteiger partial charge in [-0.15, -0.1) is 0 Å². The Balaban J connectivity index is 2.01. The molecule has 0 fully saturated rings. The van der Waals surface area contributed by atoms with Crippen LogP contribution >= 0.6 is 23.2 Å². The van der Waals surface area contributed by atoms with Gasteiger partial charge in [0.1, 0.15) is 6.04 Å². The van der Waals surface area contributed by atoms with Gasteiger partial charge in [0.15, 0.2) is 0 Å². The Kier molecular flexibility index (Phi) is 7.30. The molecule has 0 heterocycles. The number of carboxylic acid groups (broad SMARTS) is 1. The lowest BCUT2D eigenvalue weighted by Gasteiger charge is -2.30. The number of carbonyl (C=O) groups excluding carboxylic acids is 1. The van der Waals surface area contributed by atoms with E-state index in [1.807, 2.05) is 36.4 Å². The minimum atomic E-state index is -1.13. The van der Waals surface area contributed by atoms with Crippen molar-refractivity contribution in [2.75, 3.05) is 0 Å². The average molecular weight is 453 g/mol. The Morgan fingerprint density at radius 1 is 0.968 bits per heavy atom. The lowest BCUT2D eigenvalue weighted by atomic mass is 10.0. The largest absolute Gasteiger partial charge is 0.480 e. The number of benzene rings is 3. The number of halogens is 2. The third-order valence-corrected chi connectivity index (χ3v) is 5.34. The van der Waals surface area contributed by atoms with E-state index in [1.54, 1.807) is 24.3 Å². The normalized spacial score (nSPS) is 11.4. The van der Waals surface area contributed by atoms with Crippen LogP contribution in [0.25, 0.3) is 0 Å². The van der Waals surface area contributed by atoms with Crippen molar-refractivity contribution in [1.82, 2.24) is 4.90 Å². The molecule has 0 aliphatic heterocycles. The molecule has 0 spiro atoms. The van der Waals surface area contributed by atoms with E-state index in [4.69, 9.17) is 28.5 Å². The third kappa shape index (κ3) is 5.64. The molecule has 1 atom stereocenters. The number of rotatable bonds is 7. The van der Waals surface area contributed by atoms with Crippen LogP contribution < -0.4 is 0 Å². The van der Waals surface area contributed by atoms with Crippen molar-refractivity contribution in [3.63, 3.8) is 0 Å². The molecule has 0 aliphatic carbocycles. The number of carboxylic acids is 1. The summed E-state index contributed by atoms with van der Waals surface area (Å²) in [7, 11) is 0. The summed E-state index contributed by atoms with van der Waals surface area (Å²) in [5.41, 5.74) is 2.12. The van der Waals surface area contributed by atoms with Crippen molar-refractivity contribution in [2.24, 2.45) is 0 Å². The second-order valence-corrected chi connectivity index (χ2v) is 7.75. The van der Waals surface area contributed by atoms with Gasteiger partial charge in [0.2, 0.25) is 0 Å². The van der Waals surface area contributed by atoms with Crippen LogP contribution in [0.15, 0.2) is 72.8 Å². The summed E-state index contributed by atoms with van der Waals surface area (Å²) in [6.45, 7) is 0.0350. The molecule has 0 radical (unpaired) electrons. The monoisotopic (exact) mass is 452 g/mol. The van der Waals surface area contributed by atoms with Crippen molar-refractivity contribution in [2.45, 2.75) is 19.0 Å². The molecule has 0 unspecified atom stereocenters. The lowest BCUT2D eigenvalue weighted by molar-refractivity contribution is -0.142. The maximum atomic E-state index is 13.4. The summed E-state index contributed by atoms with van der Waals surface area (Å²) in [6, 6.07) is 21.1. The predicted molar refractivity (Wildman–Crippen MR) is 119 cm³/mol. The van der Waals surface area contributed by atoms with Gasteiger partial charge in [-0.2, -0.15) is 5.26 Å². The van der Waals surface area contributed by atoms with Crippen LogP contribution in [0.3, 0.4) is 0 Å². The fourth-order valence-corrected chi connectivity index (χ4v) is 3.68. The molecule has 0 aromatic heterocycles. The quantitative estimate of drug-likeness (QED) is 0.533. The van der Waals surface area contributed by atoms with Gasteiger partial charge in [0.25, 0.3) is 5.91 Å². The highest BCUT2D eigenvalue weighted by atomic mass is 35.5. The van der Waals surface area contributed by atoms with E-state index >= 15 is 0 Å². The zero-order valence-electron chi connectivity index (χ0n) is 16.3. The van der Waals surface area contributed by atoms with E-state index in [1.165, 1.54) is 23.1 Å². The van der Waals surface area contributed by atoms with E-state index in [2.05, 4.69) is 0 Å². The summed E-state index contributed by atoms with van der Waals surface area (Å²) < 4.78 is 0. The molecular weight excluding hydrogens is 435 g/mol. The number of hydrogen-bond donors (Lipinski definition) is 1. The van der Waals surface area contributed by atoms with Gasteiger partial charge < -0.3 is 10.0 Å². The van der Waals surface area contributed by atoms with Crippen molar-refractivity contribution in [3.8, 4) is 6.07 Å². The zero-order chi connectivity index (χ0) is 22.4. The van der Waals surface area contributed by atoms with Crippen LogP contribution in [0, 0.1) is 11.3 Å². The van der Waals surface area contributed by atoms with Crippen molar-refractivity contribution < 1.29 is 14.7 Å². The van der Waals surface area contributed by atoms with Gasteiger partial charge in [0, 0.05) is 18.0 Å². The third-order valence-electron chi connectivity index (χ3n) is 4.79. The Bertz CT molecular complexity index is 1130. The molecule has 7 heteroatoms. The summed E-state index contributed by atoms with van der Waals surface area (Å²) in [6.07, 6.45) is 0.128. The van der Waals surface area contributed by atoms with E-state index in [9.17, 15) is 14.7 Å². The Morgan fingerprint density at radius 3 is 2.23 bits per heavy atom. The summed E-state index contributed by atoms with van der Waals surface area (Å²) in [4.78, 5) is 26.9. The van der Waals surface area contributed by atoms with Crippen LogP contribution in [-0.4, -0.2) is 27.9 Å². The predicted octanol–water partition coefficient (Wildman–Crippen LogP) is 5.20. The van der Waals surface area contributed by atoms with Crippen molar-refractivity contribution >= 4 is 35.1 Å². The molecule has 0 aliphatic rings. The number of nitriles is 1. The second-order valence-electron chi connectivity index (χ2n) is 6.91. The van der Waals surface area contributed by atoms with E-state index in [-0.39, 0.29) is 23.6 Å². The van der Waals surface area contributed by atoms with E-state index in [0.29, 0.717) is 16.1 Å². The fourth-order valence-electron chi connectivity index (χ4n) is 3.19. The van der Waals surface area contributed by atoms with Gasteiger partial charge in [0.05, 0.1) is 22.2 Å². The highest BCUT2D eigenvalue weighted by Gasteiger charge is 2.31. The van der Waals surface area contributed by atoms with Crippen molar-refractivity contribution in [1.29, 1.82) is 5.26 Å². The topological polar surface area (TPSA) is 81.4 Å². The number of aliphatic carboxylic acids is 1. The molecule has 0 saturated carbocycles. The Labute approximate surface area is 190 Å². The SMILES string of the molecule is N#Cc1ccc(CN(C(=O)c2ccc(Cl)cc2Cl)[C@@H](Cc2ccccc2)C(=O)O)cc1. The smallest absolute Gasteiger partial charge is 0.326 e. The van der Waals surface area contributed by atoms with Crippen LogP contribution in [0.2, 0.25) is 10.0 Å². The number of nitrogens with zero attached hydrogens (tertiary/aromatic N) is 2. The summed E-state index contributed by atoms with van der Waals surface area (Å²) >= 11 is 12.2. The highest BCUT2D eigenvalue weighted by molar-refractivity contribution is 6.36. The first kappa shape index (κ1) is 22.4. The van der Waals surface area contributed by atoms with E-state index < -0.39 is 17.9 Å². The Morgan fingerprint density at radius 2 is 1.65 bits per heavy atom. The highest BCUT2D eigenvalue weighted by Crippen LogP contribution is 2.25. The van der Waals surface area contributed by atoms with Crippen LogP contribution in [0.4, 0.5) is 0 Å². The molecule has 3 rings (SSSR count). The van der Waals surface area contributed by atoms with Gasteiger partial charge in [-0.05, 0) is 41.5 Å².